The third-order valence-electron chi connectivity index (χ3n) is 6.12. The quantitative estimate of drug-likeness (QED) is 0.434. The van der Waals surface area contributed by atoms with Gasteiger partial charge in [-0.1, -0.05) is 54.1 Å². The third-order valence-corrected chi connectivity index (χ3v) is 6.35. The van der Waals surface area contributed by atoms with Gasteiger partial charge in [0.2, 0.25) is 0 Å². The van der Waals surface area contributed by atoms with Gasteiger partial charge in [-0.15, -0.1) is 0 Å². The highest BCUT2D eigenvalue weighted by atomic mass is 35.5. The molecule has 4 aromatic rings. The number of halogens is 1. The molecule has 0 radical (unpaired) electrons. The number of hydrogen-bond donors (Lipinski definition) is 1. The Balaban J connectivity index is 1.23. The molecule has 0 aliphatic carbocycles. The first-order chi connectivity index (χ1) is 15.2. The number of likely N-dealkylation sites (tertiary alicyclic amines) is 1. The van der Waals surface area contributed by atoms with Gasteiger partial charge < -0.3 is 9.88 Å². The summed E-state index contributed by atoms with van der Waals surface area (Å²) in [6, 6.07) is 23.9. The Morgan fingerprint density at radius 1 is 1.00 bits per heavy atom. The minimum absolute atomic E-state index is 0.112. The van der Waals surface area contributed by atoms with E-state index in [1.165, 1.54) is 5.56 Å². The van der Waals surface area contributed by atoms with E-state index in [2.05, 4.69) is 40.3 Å². The van der Waals surface area contributed by atoms with Crippen molar-refractivity contribution in [2.75, 3.05) is 13.1 Å². The highest BCUT2D eigenvalue weighted by Crippen LogP contribution is 2.25. The number of imidazole rings is 1. The molecule has 4 nitrogen and oxygen atoms in total. The Morgan fingerprint density at radius 3 is 2.48 bits per heavy atom. The molecular formula is C26H24ClN3O. The van der Waals surface area contributed by atoms with Crippen LogP contribution in [0.5, 0.6) is 0 Å². The SMILES string of the molecule is O=C(c1ccc(-c2nc3ccc(Cl)cc3[nH]2)cc1)N1CCC(Cc2ccccc2)CC1. The van der Waals surface area contributed by atoms with Crippen molar-refractivity contribution in [1.82, 2.24) is 14.9 Å². The first-order valence-electron chi connectivity index (χ1n) is 10.7. The van der Waals surface area contributed by atoms with Crippen molar-refractivity contribution in [3.63, 3.8) is 0 Å². The van der Waals surface area contributed by atoms with Gasteiger partial charge in [0.1, 0.15) is 5.82 Å². The van der Waals surface area contributed by atoms with Crippen molar-refractivity contribution in [1.29, 1.82) is 0 Å². The van der Waals surface area contributed by atoms with Crippen molar-refractivity contribution >= 4 is 28.5 Å². The summed E-state index contributed by atoms with van der Waals surface area (Å²) in [6.07, 6.45) is 3.21. The third kappa shape index (κ3) is 4.35. The number of fused-ring (bicyclic) bond motifs is 1. The Hall–Kier alpha value is -3.11. The van der Waals surface area contributed by atoms with Gasteiger partial charge >= 0.3 is 0 Å². The molecule has 0 unspecified atom stereocenters. The fraction of sp³-hybridized carbons (Fsp3) is 0.231. The Bertz CT molecular complexity index is 1190. The maximum atomic E-state index is 13.0. The molecule has 1 aromatic heterocycles. The van der Waals surface area contributed by atoms with Crippen molar-refractivity contribution in [2.24, 2.45) is 5.92 Å². The number of hydrogen-bond acceptors (Lipinski definition) is 2. The number of nitrogens with one attached hydrogen (secondary N) is 1. The van der Waals surface area contributed by atoms with Gasteiger partial charge in [0, 0.05) is 29.2 Å². The van der Waals surface area contributed by atoms with Crippen LogP contribution in [0, 0.1) is 5.92 Å². The van der Waals surface area contributed by atoms with Crippen molar-refractivity contribution < 1.29 is 4.79 Å². The number of aromatic nitrogens is 2. The van der Waals surface area contributed by atoms with Crippen molar-refractivity contribution in [3.05, 3.63) is 88.9 Å². The van der Waals surface area contributed by atoms with Gasteiger partial charge in [0.25, 0.3) is 5.91 Å². The molecule has 1 aliphatic rings. The van der Waals surface area contributed by atoms with Crippen molar-refractivity contribution in [3.8, 4) is 11.4 Å². The lowest BCUT2D eigenvalue weighted by molar-refractivity contribution is 0.0690. The van der Waals surface area contributed by atoms with E-state index in [4.69, 9.17) is 11.6 Å². The lowest BCUT2D eigenvalue weighted by Gasteiger charge is -2.32. The molecule has 0 atom stereocenters. The molecule has 156 valence electrons. The van der Waals surface area contributed by atoms with E-state index >= 15 is 0 Å². The topological polar surface area (TPSA) is 49.0 Å². The number of piperidine rings is 1. The minimum atomic E-state index is 0.112. The number of carbonyl (C=O) groups is 1. The second-order valence-corrected chi connectivity index (χ2v) is 8.69. The van der Waals surface area contributed by atoms with E-state index in [1.54, 1.807) is 0 Å². The second kappa shape index (κ2) is 8.56. The van der Waals surface area contributed by atoms with Crippen LogP contribution < -0.4 is 0 Å². The number of rotatable bonds is 4. The summed E-state index contributed by atoms with van der Waals surface area (Å²) in [7, 11) is 0. The average molecular weight is 430 g/mol. The molecule has 0 spiro atoms. The summed E-state index contributed by atoms with van der Waals surface area (Å²) < 4.78 is 0. The van der Waals surface area contributed by atoms with Gasteiger partial charge in [-0.3, -0.25) is 4.79 Å². The van der Waals surface area contributed by atoms with Crippen molar-refractivity contribution in [2.45, 2.75) is 19.3 Å². The molecule has 1 amide bonds. The summed E-state index contributed by atoms with van der Waals surface area (Å²) in [5, 5.41) is 0.677. The molecule has 1 fully saturated rings. The standard InChI is InChI=1S/C26H24ClN3O/c27-22-10-11-23-24(17-22)29-25(28-23)20-6-8-21(9-7-20)26(31)30-14-12-19(13-15-30)16-18-4-2-1-3-5-18/h1-11,17,19H,12-16H2,(H,28,29). The van der Waals surface area contributed by atoms with Crippen LogP contribution in [0.4, 0.5) is 0 Å². The van der Waals surface area contributed by atoms with E-state index in [0.717, 1.165) is 60.3 Å². The van der Waals surface area contributed by atoms with Crippen LogP contribution >= 0.6 is 11.6 Å². The second-order valence-electron chi connectivity index (χ2n) is 8.25. The van der Waals surface area contributed by atoms with Gasteiger partial charge in [0.05, 0.1) is 11.0 Å². The normalized spacial score (nSPS) is 14.8. The van der Waals surface area contributed by atoms with Gasteiger partial charge in [-0.05, 0) is 61.1 Å². The summed E-state index contributed by atoms with van der Waals surface area (Å²) in [6.45, 7) is 1.64. The average Bonchev–Trinajstić information content (AvgIpc) is 3.23. The summed E-state index contributed by atoms with van der Waals surface area (Å²) in [5.41, 5.74) is 4.84. The van der Waals surface area contributed by atoms with Crippen LogP contribution in [0.15, 0.2) is 72.8 Å². The van der Waals surface area contributed by atoms with Crippen LogP contribution in [0.3, 0.4) is 0 Å². The van der Waals surface area contributed by atoms with Gasteiger partial charge in [0.15, 0.2) is 0 Å². The Kier molecular flexibility index (Phi) is 5.47. The zero-order valence-corrected chi connectivity index (χ0v) is 18.0. The zero-order chi connectivity index (χ0) is 21.2. The van der Waals surface area contributed by atoms with Crippen LogP contribution in [-0.2, 0) is 6.42 Å². The van der Waals surface area contributed by atoms with Gasteiger partial charge in [-0.25, -0.2) is 4.98 Å². The van der Waals surface area contributed by atoms with E-state index in [0.29, 0.717) is 10.9 Å². The molecule has 31 heavy (non-hydrogen) atoms. The lowest BCUT2D eigenvalue weighted by atomic mass is 9.90. The predicted molar refractivity (Wildman–Crippen MR) is 125 cm³/mol. The van der Waals surface area contributed by atoms with E-state index in [1.807, 2.05) is 47.4 Å². The fourth-order valence-corrected chi connectivity index (χ4v) is 4.53. The summed E-state index contributed by atoms with van der Waals surface area (Å²) in [4.78, 5) is 22.9. The maximum absolute atomic E-state index is 13.0. The highest BCUT2D eigenvalue weighted by molar-refractivity contribution is 6.31. The zero-order valence-electron chi connectivity index (χ0n) is 17.2. The Labute approximate surface area is 186 Å². The first kappa shape index (κ1) is 19.8. The van der Waals surface area contributed by atoms with Crippen LogP contribution in [0.1, 0.15) is 28.8 Å². The van der Waals surface area contributed by atoms with Crippen LogP contribution in [-0.4, -0.2) is 33.9 Å². The molecular weight excluding hydrogens is 406 g/mol. The molecule has 1 aliphatic heterocycles. The molecule has 1 N–H and O–H groups in total. The summed E-state index contributed by atoms with van der Waals surface area (Å²) in [5.74, 6) is 1.54. The Morgan fingerprint density at radius 2 is 1.74 bits per heavy atom. The van der Waals surface area contributed by atoms with Crippen LogP contribution in [0.25, 0.3) is 22.4 Å². The highest BCUT2D eigenvalue weighted by Gasteiger charge is 2.23. The fourth-order valence-electron chi connectivity index (χ4n) is 4.36. The minimum Gasteiger partial charge on any atom is -0.339 e. The van der Waals surface area contributed by atoms with E-state index in [-0.39, 0.29) is 5.91 Å². The largest absolute Gasteiger partial charge is 0.339 e. The molecule has 1 saturated heterocycles. The number of amides is 1. The predicted octanol–water partition coefficient (Wildman–Crippen LogP) is 5.98. The smallest absolute Gasteiger partial charge is 0.253 e. The van der Waals surface area contributed by atoms with E-state index in [9.17, 15) is 4.79 Å². The molecule has 5 rings (SSSR count). The maximum Gasteiger partial charge on any atom is 0.253 e. The molecule has 2 heterocycles. The lowest BCUT2D eigenvalue weighted by Crippen LogP contribution is -2.38. The first-order valence-corrected chi connectivity index (χ1v) is 11.1. The monoisotopic (exact) mass is 429 g/mol. The molecule has 0 saturated carbocycles. The van der Waals surface area contributed by atoms with Crippen LogP contribution in [0.2, 0.25) is 5.02 Å². The number of H-pyrrole nitrogens is 1. The number of aromatic amines is 1. The molecule has 5 heteroatoms. The molecule has 0 bridgehead atoms. The van der Waals surface area contributed by atoms with E-state index < -0.39 is 0 Å². The number of benzene rings is 3. The summed E-state index contributed by atoms with van der Waals surface area (Å²) >= 11 is 6.06. The molecule has 3 aromatic carbocycles. The number of carbonyl (C=O) groups excluding carboxylic acids is 1. The van der Waals surface area contributed by atoms with Gasteiger partial charge in [-0.2, -0.15) is 0 Å². The number of nitrogens with zero attached hydrogens (tertiary/aromatic N) is 2.